The van der Waals surface area contributed by atoms with E-state index in [0.717, 1.165) is 0 Å². The van der Waals surface area contributed by atoms with Crippen LogP contribution < -0.4 is 0 Å². The number of carbonyl (C=O) groups is 2. The number of aliphatic hydroxyl groups is 1. The van der Waals surface area contributed by atoms with Crippen LogP contribution in [0.15, 0.2) is 0 Å². The van der Waals surface area contributed by atoms with E-state index in [4.69, 9.17) is 9.84 Å². The van der Waals surface area contributed by atoms with Gasteiger partial charge in [-0.1, -0.05) is 13.8 Å². The van der Waals surface area contributed by atoms with Crippen LogP contribution >= 0.6 is 0 Å². The summed E-state index contributed by atoms with van der Waals surface area (Å²) in [5.74, 6) is -0.418. The third-order valence-electron chi connectivity index (χ3n) is 1.70. The van der Waals surface area contributed by atoms with Gasteiger partial charge >= 0.3 is 5.97 Å². The highest BCUT2D eigenvalue weighted by Crippen LogP contribution is 2.02. The molecule has 1 unspecified atom stereocenters. The number of carbonyl (C=O) groups excluding carboxylic acids is 2. The number of aliphatic hydroxyl groups excluding tert-OH is 1. The van der Waals surface area contributed by atoms with Gasteiger partial charge in [0, 0.05) is 12.3 Å². The molecule has 0 aliphatic carbocycles. The van der Waals surface area contributed by atoms with Crippen molar-refractivity contribution in [1.82, 2.24) is 0 Å². The lowest BCUT2D eigenvalue weighted by Gasteiger charge is -2.06. The Bertz CT molecular complexity index is 196. The highest BCUT2D eigenvalue weighted by atomic mass is 16.5. The normalized spacial score (nSPS) is 12.6. The Morgan fingerprint density at radius 1 is 1.21 bits per heavy atom. The summed E-state index contributed by atoms with van der Waals surface area (Å²) in [5.41, 5.74) is 0. The molecular formula is C10H18O4. The fraction of sp³-hybridized carbons (Fsp3) is 0.800. The minimum absolute atomic E-state index is 0.00526. The van der Waals surface area contributed by atoms with Gasteiger partial charge in [-0.05, 0) is 6.92 Å². The van der Waals surface area contributed by atoms with Crippen LogP contribution in [0.4, 0.5) is 0 Å². The van der Waals surface area contributed by atoms with Crippen molar-refractivity contribution >= 4 is 11.8 Å². The zero-order valence-corrected chi connectivity index (χ0v) is 8.95. The summed E-state index contributed by atoms with van der Waals surface area (Å²) < 4.78 is 4.69. The zero-order chi connectivity index (χ0) is 11.1. The summed E-state index contributed by atoms with van der Waals surface area (Å²) in [6.07, 6.45) is -0.334. The Hall–Kier alpha value is -0.900. The second-order valence-corrected chi connectivity index (χ2v) is 3.65. The molecule has 0 heterocycles. The largest absolute Gasteiger partial charge is 0.463 e. The Morgan fingerprint density at radius 2 is 1.79 bits per heavy atom. The number of esters is 1. The van der Waals surface area contributed by atoms with Crippen molar-refractivity contribution in [2.45, 2.75) is 39.7 Å². The molecule has 1 atom stereocenters. The van der Waals surface area contributed by atoms with E-state index in [9.17, 15) is 9.59 Å². The van der Waals surface area contributed by atoms with Crippen molar-refractivity contribution in [2.75, 3.05) is 6.61 Å². The minimum Gasteiger partial charge on any atom is -0.463 e. The molecule has 0 aliphatic rings. The standard InChI is InChI=1S/C10H18O4/c1-7(2)9(12)4-5-10(13)14-6-8(3)11/h7-8,11H,4-6H2,1-3H3. The van der Waals surface area contributed by atoms with E-state index in [1.807, 2.05) is 0 Å². The monoisotopic (exact) mass is 202 g/mol. The van der Waals surface area contributed by atoms with Crippen LogP contribution in [0.3, 0.4) is 0 Å². The molecular weight excluding hydrogens is 184 g/mol. The van der Waals surface area contributed by atoms with E-state index in [0.29, 0.717) is 0 Å². The third-order valence-corrected chi connectivity index (χ3v) is 1.70. The summed E-state index contributed by atoms with van der Waals surface area (Å²) in [4.78, 5) is 22.1. The third kappa shape index (κ3) is 6.60. The Kier molecular flexibility index (Phi) is 6.12. The predicted octanol–water partition coefficient (Wildman–Crippen LogP) is 0.916. The summed E-state index contributed by atoms with van der Waals surface area (Å²) in [6, 6.07) is 0. The Labute approximate surface area is 84.3 Å². The molecule has 0 aromatic rings. The summed E-state index contributed by atoms with van der Waals surface area (Å²) in [7, 11) is 0. The number of Topliss-reactive ketones (excluding diaryl/α,β-unsaturated/α-hetero) is 1. The van der Waals surface area contributed by atoms with Crippen LogP contribution in [0.1, 0.15) is 33.6 Å². The predicted molar refractivity (Wildman–Crippen MR) is 51.7 cm³/mol. The number of ether oxygens (including phenoxy) is 1. The second kappa shape index (κ2) is 6.54. The summed E-state index contributed by atoms with van der Waals surface area (Å²) in [5, 5.41) is 8.82. The highest BCUT2D eigenvalue weighted by Gasteiger charge is 2.11. The minimum atomic E-state index is -0.653. The molecule has 1 N–H and O–H groups in total. The number of ketones is 1. The van der Waals surface area contributed by atoms with E-state index in [1.165, 1.54) is 6.92 Å². The topological polar surface area (TPSA) is 63.6 Å². The first kappa shape index (κ1) is 13.1. The van der Waals surface area contributed by atoms with Crippen molar-refractivity contribution in [3.05, 3.63) is 0 Å². The lowest BCUT2D eigenvalue weighted by atomic mass is 10.1. The second-order valence-electron chi connectivity index (χ2n) is 3.65. The van der Waals surface area contributed by atoms with Gasteiger partial charge < -0.3 is 9.84 Å². The van der Waals surface area contributed by atoms with E-state index in [1.54, 1.807) is 13.8 Å². The first-order valence-corrected chi connectivity index (χ1v) is 4.80. The van der Waals surface area contributed by atoms with E-state index < -0.39 is 12.1 Å². The molecule has 0 saturated carbocycles. The fourth-order valence-electron chi connectivity index (χ4n) is 0.800. The van der Waals surface area contributed by atoms with Gasteiger partial charge in [0.15, 0.2) is 0 Å². The number of rotatable bonds is 6. The van der Waals surface area contributed by atoms with Crippen LogP contribution in [0.2, 0.25) is 0 Å². The lowest BCUT2D eigenvalue weighted by Crippen LogP contribution is -2.16. The SMILES string of the molecule is CC(O)COC(=O)CCC(=O)C(C)C. The highest BCUT2D eigenvalue weighted by molar-refractivity contribution is 5.84. The van der Waals surface area contributed by atoms with Gasteiger partial charge in [0.25, 0.3) is 0 Å². The summed E-state index contributed by atoms with van der Waals surface area (Å²) in [6.45, 7) is 5.12. The molecule has 4 heteroatoms. The van der Waals surface area contributed by atoms with E-state index in [2.05, 4.69) is 0 Å². The van der Waals surface area contributed by atoms with Crippen molar-refractivity contribution < 1.29 is 19.4 Å². The van der Waals surface area contributed by atoms with Gasteiger partial charge in [-0.25, -0.2) is 0 Å². The molecule has 0 spiro atoms. The maximum Gasteiger partial charge on any atom is 0.306 e. The molecule has 0 aliphatic heterocycles. The molecule has 82 valence electrons. The molecule has 14 heavy (non-hydrogen) atoms. The van der Waals surface area contributed by atoms with Gasteiger partial charge in [0.1, 0.15) is 12.4 Å². The molecule has 0 radical (unpaired) electrons. The number of hydrogen-bond donors (Lipinski definition) is 1. The first-order chi connectivity index (χ1) is 6.43. The van der Waals surface area contributed by atoms with Gasteiger partial charge in [-0.15, -0.1) is 0 Å². The molecule has 0 saturated heterocycles. The molecule has 0 rings (SSSR count). The molecule has 0 aromatic carbocycles. The fourth-order valence-corrected chi connectivity index (χ4v) is 0.800. The molecule has 0 amide bonds. The summed E-state index contributed by atoms with van der Waals surface area (Å²) >= 11 is 0. The average molecular weight is 202 g/mol. The molecule has 0 bridgehead atoms. The maximum atomic E-state index is 11.1. The Morgan fingerprint density at radius 3 is 2.21 bits per heavy atom. The van der Waals surface area contributed by atoms with Gasteiger partial charge in [0.2, 0.25) is 0 Å². The van der Waals surface area contributed by atoms with Crippen LogP contribution in [0.5, 0.6) is 0 Å². The van der Waals surface area contributed by atoms with Crippen molar-refractivity contribution in [3.8, 4) is 0 Å². The van der Waals surface area contributed by atoms with Crippen LogP contribution in [-0.4, -0.2) is 29.6 Å². The smallest absolute Gasteiger partial charge is 0.306 e. The quantitative estimate of drug-likeness (QED) is 0.650. The van der Waals surface area contributed by atoms with Crippen LogP contribution in [0, 0.1) is 5.92 Å². The van der Waals surface area contributed by atoms with Crippen LogP contribution in [0.25, 0.3) is 0 Å². The molecule has 0 aromatic heterocycles. The lowest BCUT2D eigenvalue weighted by molar-refractivity contribution is -0.147. The maximum absolute atomic E-state index is 11.1. The van der Waals surface area contributed by atoms with Gasteiger partial charge in [-0.2, -0.15) is 0 Å². The van der Waals surface area contributed by atoms with Crippen LogP contribution in [-0.2, 0) is 14.3 Å². The Balaban J connectivity index is 3.59. The van der Waals surface area contributed by atoms with Crippen molar-refractivity contribution in [2.24, 2.45) is 5.92 Å². The molecule has 4 nitrogen and oxygen atoms in total. The van der Waals surface area contributed by atoms with E-state index in [-0.39, 0.29) is 31.1 Å². The average Bonchev–Trinajstić information content (AvgIpc) is 2.10. The molecule has 0 fully saturated rings. The van der Waals surface area contributed by atoms with Crippen molar-refractivity contribution in [3.63, 3.8) is 0 Å². The van der Waals surface area contributed by atoms with Gasteiger partial charge in [0.05, 0.1) is 12.5 Å². The van der Waals surface area contributed by atoms with Gasteiger partial charge in [-0.3, -0.25) is 9.59 Å². The van der Waals surface area contributed by atoms with Crippen molar-refractivity contribution in [1.29, 1.82) is 0 Å². The van der Waals surface area contributed by atoms with E-state index >= 15 is 0 Å². The number of hydrogen-bond acceptors (Lipinski definition) is 4. The first-order valence-electron chi connectivity index (χ1n) is 4.80. The zero-order valence-electron chi connectivity index (χ0n) is 8.95.